The monoisotopic (exact) mass is 266 g/mol. The van der Waals surface area contributed by atoms with E-state index in [9.17, 15) is 0 Å². The zero-order valence-corrected chi connectivity index (χ0v) is 11.3. The van der Waals surface area contributed by atoms with Crippen LogP contribution in [0.2, 0.25) is 0 Å². The molecule has 0 fully saturated rings. The van der Waals surface area contributed by atoms with Gasteiger partial charge in [0.05, 0.1) is 6.26 Å². The fourth-order valence-corrected chi connectivity index (χ4v) is 1.92. The molecule has 0 saturated carbocycles. The van der Waals surface area contributed by atoms with Crippen molar-refractivity contribution in [2.75, 3.05) is 19.0 Å². The summed E-state index contributed by atoms with van der Waals surface area (Å²) in [4.78, 5) is 6.47. The third-order valence-corrected chi connectivity index (χ3v) is 2.88. The van der Waals surface area contributed by atoms with E-state index in [0.717, 1.165) is 17.1 Å². The number of hydrogen-bond acceptors (Lipinski definition) is 5. The summed E-state index contributed by atoms with van der Waals surface area (Å²) in [5.74, 6) is 1.86. The van der Waals surface area contributed by atoms with Gasteiger partial charge in [0.25, 0.3) is 0 Å². The van der Waals surface area contributed by atoms with Gasteiger partial charge in [-0.15, -0.1) is 10.2 Å². The predicted octanol–water partition coefficient (Wildman–Crippen LogP) is 2.86. The van der Waals surface area contributed by atoms with Gasteiger partial charge in [-0.3, -0.25) is 0 Å². The maximum Gasteiger partial charge on any atom is 0.219 e. The van der Waals surface area contributed by atoms with Crippen LogP contribution in [0.1, 0.15) is 0 Å². The molecule has 0 radical (unpaired) electrons. The lowest BCUT2D eigenvalue weighted by Gasteiger charge is -2.15. The average Bonchev–Trinajstić information content (AvgIpc) is 3.02. The number of anilines is 1. The number of benzene rings is 1. The van der Waals surface area contributed by atoms with Gasteiger partial charge in [0.15, 0.2) is 11.6 Å². The summed E-state index contributed by atoms with van der Waals surface area (Å²) in [6, 6.07) is 13.5. The molecule has 0 saturated heterocycles. The molecule has 2 heterocycles. The second-order valence-corrected chi connectivity index (χ2v) is 4.55. The van der Waals surface area contributed by atoms with Crippen LogP contribution in [0.5, 0.6) is 0 Å². The molecule has 0 aliphatic carbocycles. The first-order valence-electron chi connectivity index (χ1n) is 6.27. The van der Waals surface area contributed by atoms with Crippen LogP contribution in [0.25, 0.3) is 22.8 Å². The predicted molar refractivity (Wildman–Crippen MR) is 77.3 cm³/mol. The highest BCUT2D eigenvalue weighted by Crippen LogP contribution is 2.27. The maximum absolute atomic E-state index is 5.32. The van der Waals surface area contributed by atoms with Crippen LogP contribution in [-0.4, -0.2) is 29.3 Å². The quantitative estimate of drug-likeness (QED) is 0.729. The normalized spacial score (nSPS) is 10.5. The zero-order valence-electron chi connectivity index (χ0n) is 11.3. The highest BCUT2D eigenvalue weighted by molar-refractivity contribution is 5.72. The van der Waals surface area contributed by atoms with Crippen molar-refractivity contribution in [2.45, 2.75) is 0 Å². The van der Waals surface area contributed by atoms with Gasteiger partial charge in [-0.2, -0.15) is 0 Å². The SMILES string of the molecule is CN(C)c1nc(-c2ccco2)nnc1-c1ccccc1. The van der Waals surface area contributed by atoms with Gasteiger partial charge >= 0.3 is 0 Å². The highest BCUT2D eigenvalue weighted by Gasteiger charge is 2.15. The van der Waals surface area contributed by atoms with Gasteiger partial charge in [-0.1, -0.05) is 30.3 Å². The molecule has 2 aromatic heterocycles. The van der Waals surface area contributed by atoms with Crippen molar-refractivity contribution in [3.8, 4) is 22.8 Å². The summed E-state index contributed by atoms with van der Waals surface area (Å²) in [5, 5.41) is 8.47. The summed E-state index contributed by atoms with van der Waals surface area (Å²) in [6.07, 6.45) is 1.60. The highest BCUT2D eigenvalue weighted by atomic mass is 16.3. The van der Waals surface area contributed by atoms with Gasteiger partial charge < -0.3 is 9.32 Å². The minimum Gasteiger partial charge on any atom is -0.461 e. The molecule has 20 heavy (non-hydrogen) atoms. The fraction of sp³-hybridized carbons (Fsp3) is 0.133. The Hall–Kier alpha value is -2.69. The molecule has 3 rings (SSSR count). The molecule has 0 spiro atoms. The van der Waals surface area contributed by atoms with Crippen LogP contribution in [-0.2, 0) is 0 Å². The van der Waals surface area contributed by atoms with Crippen LogP contribution in [0, 0.1) is 0 Å². The number of furan rings is 1. The summed E-state index contributed by atoms with van der Waals surface area (Å²) in [6.45, 7) is 0. The molecule has 1 aromatic carbocycles. The molecule has 3 aromatic rings. The summed E-state index contributed by atoms with van der Waals surface area (Å²) in [7, 11) is 3.87. The van der Waals surface area contributed by atoms with E-state index in [4.69, 9.17) is 4.42 Å². The molecule has 5 heteroatoms. The van der Waals surface area contributed by atoms with Gasteiger partial charge in [-0.05, 0) is 12.1 Å². The van der Waals surface area contributed by atoms with Gasteiger partial charge in [0.2, 0.25) is 5.82 Å². The first kappa shape index (κ1) is 12.3. The minimum absolute atomic E-state index is 0.485. The van der Waals surface area contributed by atoms with Crippen LogP contribution < -0.4 is 4.90 Å². The summed E-state index contributed by atoms with van der Waals surface area (Å²) >= 11 is 0. The largest absolute Gasteiger partial charge is 0.461 e. The number of rotatable bonds is 3. The van der Waals surface area contributed by atoms with Crippen molar-refractivity contribution in [3.63, 3.8) is 0 Å². The zero-order chi connectivity index (χ0) is 13.9. The van der Waals surface area contributed by atoms with Crippen LogP contribution in [0.15, 0.2) is 53.1 Å². The van der Waals surface area contributed by atoms with Crippen molar-refractivity contribution < 1.29 is 4.42 Å². The maximum atomic E-state index is 5.32. The van der Waals surface area contributed by atoms with Gasteiger partial charge in [0.1, 0.15) is 5.69 Å². The van der Waals surface area contributed by atoms with Crippen molar-refractivity contribution in [3.05, 3.63) is 48.7 Å². The lowest BCUT2D eigenvalue weighted by Crippen LogP contribution is -2.14. The van der Waals surface area contributed by atoms with Crippen molar-refractivity contribution >= 4 is 5.82 Å². The van der Waals surface area contributed by atoms with Crippen molar-refractivity contribution in [2.24, 2.45) is 0 Å². The Kier molecular flexibility index (Phi) is 3.16. The molecule has 0 aliphatic rings. The Balaban J connectivity index is 2.12. The molecule has 0 aliphatic heterocycles. The smallest absolute Gasteiger partial charge is 0.219 e. The Morgan fingerprint density at radius 2 is 1.75 bits per heavy atom. The first-order valence-corrected chi connectivity index (χ1v) is 6.27. The molecule has 0 unspecified atom stereocenters. The molecule has 0 atom stereocenters. The minimum atomic E-state index is 0.485. The first-order chi connectivity index (χ1) is 9.75. The standard InChI is InChI=1S/C15H14N4O/c1-19(2)15-13(11-7-4-3-5-8-11)17-18-14(16-15)12-9-6-10-20-12/h3-10H,1-2H3. The molecule has 0 N–H and O–H groups in total. The van der Waals surface area contributed by atoms with E-state index in [1.54, 1.807) is 12.3 Å². The van der Waals surface area contributed by atoms with E-state index in [1.807, 2.05) is 55.4 Å². The molecular weight excluding hydrogens is 252 g/mol. The lowest BCUT2D eigenvalue weighted by atomic mass is 10.1. The third-order valence-electron chi connectivity index (χ3n) is 2.88. The molecule has 100 valence electrons. The van der Waals surface area contributed by atoms with Crippen molar-refractivity contribution in [1.29, 1.82) is 0 Å². The van der Waals surface area contributed by atoms with Gasteiger partial charge in [0, 0.05) is 19.7 Å². The van der Waals surface area contributed by atoms with E-state index >= 15 is 0 Å². The summed E-state index contributed by atoms with van der Waals surface area (Å²) < 4.78 is 5.32. The Morgan fingerprint density at radius 1 is 0.950 bits per heavy atom. The molecule has 0 amide bonds. The second-order valence-electron chi connectivity index (χ2n) is 4.55. The Bertz CT molecular complexity index is 693. The summed E-state index contributed by atoms with van der Waals surface area (Å²) in [5.41, 5.74) is 1.74. The van der Waals surface area contributed by atoms with Crippen LogP contribution in [0.4, 0.5) is 5.82 Å². The molecular formula is C15H14N4O. The fourth-order valence-electron chi connectivity index (χ4n) is 1.92. The van der Waals surface area contributed by atoms with E-state index in [1.165, 1.54) is 0 Å². The lowest BCUT2D eigenvalue weighted by molar-refractivity contribution is 0.575. The van der Waals surface area contributed by atoms with E-state index in [-0.39, 0.29) is 0 Å². The average molecular weight is 266 g/mol. The van der Waals surface area contributed by atoms with Crippen LogP contribution in [0.3, 0.4) is 0 Å². The Morgan fingerprint density at radius 3 is 2.40 bits per heavy atom. The number of aromatic nitrogens is 3. The van der Waals surface area contributed by atoms with Gasteiger partial charge in [-0.25, -0.2) is 4.98 Å². The third kappa shape index (κ3) is 2.25. The van der Waals surface area contributed by atoms with E-state index < -0.39 is 0 Å². The second kappa shape index (κ2) is 5.13. The number of nitrogens with zero attached hydrogens (tertiary/aromatic N) is 4. The number of hydrogen-bond donors (Lipinski definition) is 0. The molecule has 0 bridgehead atoms. The van der Waals surface area contributed by atoms with E-state index in [0.29, 0.717) is 11.6 Å². The van der Waals surface area contributed by atoms with E-state index in [2.05, 4.69) is 15.2 Å². The van der Waals surface area contributed by atoms with Crippen molar-refractivity contribution in [1.82, 2.24) is 15.2 Å². The topological polar surface area (TPSA) is 55.1 Å². The molecule has 5 nitrogen and oxygen atoms in total. The van der Waals surface area contributed by atoms with Crippen LogP contribution >= 0.6 is 0 Å². The Labute approximate surface area is 116 Å².